The fraction of sp³-hybridized carbons (Fsp3) is 0.167. The van der Waals surface area contributed by atoms with Crippen LogP contribution in [0.1, 0.15) is 16.8 Å². The Bertz CT molecular complexity index is 815. The molecule has 2 aromatic rings. The lowest BCUT2D eigenvalue weighted by atomic mass is 10.2. The summed E-state index contributed by atoms with van der Waals surface area (Å²) in [4.78, 5) is 18.1. The number of likely N-dealkylation sites (N-methyl/N-ethyl adjacent to an activating group) is 1. The van der Waals surface area contributed by atoms with Crippen LogP contribution in [0.3, 0.4) is 0 Å². The molecule has 23 heavy (non-hydrogen) atoms. The van der Waals surface area contributed by atoms with Crippen LogP contribution in [0.2, 0.25) is 0 Å². The van der Waals surface area contributed by atoms with Crippen LogP contribution < -0.4 is 10.2 Å². The van der Waals surface area contributed by atoms with Crippen LogP contribution in [-0.4, -0.2) is 24.5 Å². The minimum Gasteiger partial charge on any atom is -0.349 e. The van der Waals surface area contributed by atoms with E-state index in [-0.39, 0.29) is 12.5 Å². The van der Waals surface area contributed by atoms with Crippen LogP contribution in [0.15, 0.2) is 36.4 Å². The van der Waals surface area contributed by atoms with Crippen molar-refractivity contribution in [3.8, 4) is 18.4 Å². The number of benzene rings is 1. The number of pyridine rings is 1. The smallest absolute Gasteiger partial charge is 0.243 e. The molecule has 1 aromatic carbocycles. The summed E-state index contributed by atoms with van der Waals surface area (Å²) in [5.41, 5.74) is 2.55. The maximum atomic E-state index is 12.2. The topological polar surface area (TPSA) is 69.0 Å². The first-order valence-corrected chi connectivity index (χ1v) is 6.99. The van der Waals surface area contributed by atoms with Crippen molar-refractivity contribution in [3.63, 3.8) is 0 Å². The van der Waals surface area contributed by atoms with Gasteiger partial charge in [0.1, 0.15) is 11.9 Å². The predicted molar refractivity (Wildman–Crippen MR) is 90.0 cm³/mol. The van der Waals surface area contributed by atoms with E-state index in [1.165, 1.54) is 0 Å². The van der Waals surface area contributed by atoms with Gasteiger partial charge in [-0.2, -0.15) is 5.26 Å². The molecule has 0 radical (unpaired) electrons. The lowest BCUT2D eigenvalue weighted by molar-refractivity contribution is -0.114. The average Bonchev–Trinajstić information content (AvgIpc) is 2.54. The number of carbonyl (C=O) groups is 1. The summed E-state index contributed by atoms with van der Waals surface area (Å²) in [5.74, 6) is 2.79. The number of rotatable bonds is 4. The molecule has 1 heterocycles. The molecule has 0 saturated heterocycles. The zero-order valence-corrected chi connectivity index (χ0v) is 13.0. The highest BCUT2D eigenvalue weighted by Crippen LogP contribution is 2.16. The van der Waals surface area contributed by atoms with Gasteiger partial charge in [-0.1, -0.05) is 12.0 Å². The number of terminal acetylenes is 1. The zero-order chi connectivity index (χ0) is 16.8. The molecular weight excluding hydrogens is 288 g/mol. The molecule has 5 nitrogen and oxygen atoms in total. The summed E-state index contributed by atoms with van der Waals surface area (Å²) in [6.07, 6.45) is 5.34. The molecule has 114 valence electrons. The number of nitrogens with zero attached hydrogens (tertiary/aromatic N) is 3. The third-order valence-corrected chi connectivity index (χ3v) is 3.19. The van der Waals surface area contributed by atoms with E-state index in [0.717, 1.165) is 5.69 Å². The quantitative estimate of drug-likeness (QED) is 0.880. The van der Waals surface area contributed by atoms with Gasteiger partial charge in [0.15, 0.2) is 0 Å². The van der Waals surface area contributed by atoms with Crippen LogP contribution >= 0.6 is 0 Å². The molecule has 0 aliphatic carbocycles. The van der Waals surface area contributed by atoms with Gasteiger partial charge in [0.05, 0.1) is 12.1 Å². The SMILES string of the molecule is C#Cc1cccc(NC(=O)CN(C)c2nc(C)ccc2C#N)c1. The van der Waals surface area contributed by atoms with E-state index in [9.17, 15) is 4.79 Å². The van der Waals surface area contributed by atoms with Gasteiger partial charge in [0.2, 0.25) is 5.91 Å². The average molecular weight is 304 g/mol. The second-order valence-corrected chi connectivity index (χ2v) is 5.06. The van der Waals surface area contributed by atoms with Crippen molar-refractivity contribution < 1.29 is 4.79 Å². The van der Waals surface area contributed by atoms with Crippen molar-refractivity contribution in [3.05, 3.63) is 53.2 Å². The van der Waals surface area contributed by atoms with Crippen LogP contribution in [0.5, 0.6) is 0 Å². The Morgan fingerprint density at radius 2 is 2.17 bits per heavy atom. The van der Waals surface area contributed by atoms with Gasteiger partial charge < -0.3 is 10.2 Å². The lowest BCUT2D eigenvalue weighted by Gasteiger charge is -2.19. The Hall–Kier alpha value is -3.31. The first kappa shape index (κ1) is 16.1. The van der Waals surface area contributed by atoms with Gasteiger partial charge >= 0.3 is 0 Å². The van der Waals surface area contributed by atoms with E-state index in [0.29, 0.717) is 22.6 Å². The number of nitrogens with one attached hydrogen (secondary N) is 1. The Labute approximate surface area is 135 Å². The van der Waals surface area contributed by atoms with Crippen LogP contribution in [0.25, 0.3) is 0 Å². The molecule has 0 aliphatic heterocycles. The summed E-state index contributed by atoms with van der Waals surface area (Å²) < 4.78 is 0. The molecular formula is C18H16N4O. The number of aromatic nitrogens is 1. The molecule has 0 saturated carbocycles. The van der Waals surface area contributed by atoms with Crippen LogP contribution in [0.4, 0.5) is 11.5 Å². The van der Waals surface area contributed by atoms with E-state index in [1.807, 2.05) is 6.92 Å². The molecule has 5 heteroatoms. The maximum Gasteiger partial charge on any atom is 0.243 e. The predicted octanol–water partition coefficient (Wildman–Crippen LogP) is 2.32. The highest BCUT2D eigenvalue weighted by Gasteiger charge is 2.13. The summed E-state index contributed by atoms with van der Waals surface area (Å²) in [5, 5.41) is 11.9. The summed E-state index contributed by atoms with van der Waals surface area (Å²) in [7, 11) is 1.72. The monoisotopic (exact) mass is 304 g/mol. The third-order valence-electron chi connectivity index (χ3n) is 3.19. The van der Waals surface area contributed by atoms with Gasteiger partial charge in [-0.05, 0) is 37.3 Å². The Morgan fingerprint density at radius 3 is 2.87 bits per heavy atom. The zero-order valence-electron chi connectivity index (χ0n) is 13.0. The van der Waals surface area contributed by atoms with Gasteiger partial charge in [-0.25, -0.2) is 4.98 Å². The number of amides is 1. The molecule has 1 aromatic heterocycles. The van der Waals surface area contributed by atoms with Crippen molar-refractivity contribution >= 4 is 17.4 Å². The Kier molecular flexibility index (Phi) is 4.96. The minimum absolute atomic E-state index is 0.0748. The Morgan fingerprint density at radius 1 is 1.39 bits per heavy atom. The molecule has 1 amide bonds. The fourth-order valence-electron chi connectivity index (χ4n) is 2.10. The largest absolute Gasteiger partial charge is 0.349 e. The van der Waals surface area contributed by atoms with Crippen LogP contribution in [0, 0.1) is 30.6 Å². The molecule has 0 spiro atoms. The number of anilines is 2. The summed E-state index contributed by atoms with van der Waals surface area (Å²) >= 11 is 0. The summed E-state index contributed by atoms with van der Waals surface area (Å²) in [6, 6.07) is 12.6. The highest BCUT2D eigenvalue weighted by molar-refractivity contribution is 5.94. The summed E-state index contributed by atoms with van der Waals surface area (Å²) in [6.45, 7) is 1.91. The van der Waals surface area contributed by atoms with E-state index in [1.54, 1.807) is 48.3 Å². The van der Waals surface area contributed by atoms with E-state index in [2.05, 4.69) is 22.3 Å². The van der Waals surface area contributed by atoms with Gasteiger partial charge in [0.25, 0.3) is 0 Å². The van der Waals surface area contributed by atoms with Crippen molar-refractivity contribution in [1.29, 1.82) is 5.26 Å². The molecule has 1 N–H and O–H groups in total. The molecule has 0 unspecified atom stereocenters. The molecule has 0 aliphatic rings. The van der Waals surface area contributed by atoms with Crippen LogP contribution in [-0.2, 0) is 4.79 Å². The van der Waals surface area contributed by atoms with E-state index >= 15 is 0 Å². The number of nitriles is 1. The lowest BCUT2D eigenvalue weighted by Crippen LogP contribution is -2.31. The first-order valence-electron chi connectivity index (χ1n) is 6.99. The molecule has 0 bridgehead atoms. The van der Waals surface area contributed by atoms with E-state index in [4.69, 9.17) is 11.7 Å². The minimum atomic E-state index is -0.214. The van der Waals surface area contributed by atoms with Crippen molar-refractivity contribution in [2.75, 3.05) is 23.8 Å². The second-order valence-electron chi connectivity index (χ2n) is 5.06. The van der Waals surface area contributed by atoms with Gasteiger partial charge in [-0.3, -0.25) is 4.79 Å². The number of aryl methyl sites for hydroxylation is 1. The molecule has 0 fully saturated rings. The second kappa shape index (κ2) is 7.11. The van der Waals surface area contributed by atoms with Gasteiger partial charge in [0, 0.05) is 24.0 Å². The van der Waals surface area contributed by atoms with Gasteiger partial charge in [-0.15, -0.1) is 6.42 Å². The normalized spacial score (nSPS) is 9.57. The third kappa shape index (κ3) is 4.09. The Balaban J connectivity index is 2.10. The number of hydrogen-bond acceptors (Lipinski definition) is 4. The first-order chi connectivity index (χ1) is 11.0. The van der Waals surface area contributed by atoms with Crippen molar-refractivity contribution in [2.24, 2.45) is 0 Å². The fourth-order valence-corrected chi connectivity index (χ4v) is 2.10. The number of carbonyl (C=O) groups excluding carboxylic acids is 1. The standard InChI is InChI=1S/C18H16N4O/c1-4-14-6-5-7-16(10-14)21-17(23)12-22(3)18-15(11-19)9-8-13(2)20-18/h1,5-10H,12H2,2-3H3,(H,21,23). The molecule has 0 atom stereocenters. The number of hydrogen-bond donors (Lipinski definition) is 1. The molecule has 2 rings (SSSR count). The highest BCUT2D eigenvalue weighted by atomic mass is 16.2. The van der Waals surface area contributed by atoms with E-state index < -0.39 is 0 Å². The van der Waals surface area contributed by atoms with Crippen molar-refractivity contribution in [2.45, 2.75) is 6.92 Å². The van der Waals surface area contributed by atoms with Crippen molar-refractivity contribution in [1.82, 2.24) is 4.98 Å². The maximum absolute atomic E-state index is 12.2.